The number of nitrogens with zero attached hydrogens (tertiary/aromatic N) is 4. The lowest BCUT2D eigenvalue weighted by molar-refractivity contribution is -0.141. The molecule has 3 aromatic rings. The molecule has 0 aliphatic carbocycles. The van der Waals surface area contributed by atoms with Crippen molar-refractivity contribution in [2.75, 3.05) is 0 Å². The van der Waals surface area contributed by atoms with E-state index in [-0.39, 0.29) is 22.8 Å². The van der Waals surface area contributed by atoms with Crippen LogP contribution < -0.4 is 0 Å². The van der Waals surface area contributed by atoms with Gasteiger partial charge in [-0.05, 0) is 46.6 Å². The molecule has 0 aliphatic rings. The number of imidazole rings is 1. The van der Waals surface area contributed by atoms with Crippen LogP contribution in [0, 0.1) is 6.92 Å². The van der Waals surface area contributed by atoms with E-state index in [2.05, 4.69) is 30.9 Å². The van der Waals surface area contributed by atoms with Crippen LogP contribution in [-0.2, 0) is 12.4 Å². The minimum Gasteiger partial charge on any atom is -0.273 e. The highest BCUT2D eigenvalue weighted by molar-refractivity contribution is 9.10. The van der Waals surface area contributed by atoms with E-state index in [1.807, 2.05) is 0 Å². The standard InChI is InChI=1S/C16H9BrF6N4/c1-8-4-9(2-3-10(8)15(18,19)20)11-5-12(16(21,22)23)26-14(25-11)27-6-13(17)24-7-27/h2-7H,1H3. The van der Waals surface area contributed by atoms with Crippen molar-refractivity contribution in [1.29, 1.82) is 0 Å². The highest BCUT2D eigenvalue weighted by Crippen LogP contribution is 2.35. The van der Waals surface area contributed by atoms with Crippen molar-refractivity contribution >= 4 is 15.9 Å². The molecule has 142 valence electrons. The van der Waals surface area contributed by atoms with E-state index in [0.717, 1.165) is 18.2 Å². The molecule has 0 fully saturated rings. The van der Waals surface area contributed by atoms with Gasteiger partial charge in [0.1, 0.15) is 10.9 Å². The molecule has 0 unspecified atom stereocenters. The van der Waals surface area contributed by atoms with Crippen molar-refractivity contribution in [2.24, 2.45) is 0 Å². The Morgan fingerprint density at radius 3 is 2.19 bits per heavy atom. The summed E-state index contributed by atoms with van der Waals surface area (Å²) in [6.07, 6.45) is -6.75. The largest absolute Gasteiger partial charge is 0.433 e. The van der Waals surface area contributed by atoms with Gasteiger partial charge in [-0.1, -0.05) is 6.07 Å². The minimum absolute atomic E-state index is 0.105. The van der Waals surface area contributed by atoms with Crippen LogP contribution in [0.5, 0.6) is 0 Å². The molecule has 0 aliphatic heterocycles. The Kier molecular flexibility index (Phi) is 4.74. The van der Waals surface area contributed by atoms with Gasteiger partial charge in [-0.15, -0.1) is 0 Å². The molecular weight excluding hydrogens is 442 g/mol. The molecule has 27 heavy (non-hydrogen) atoms. The van der Waals surface area contributed by atoms with E-state index in [4.69, 9.17) is 0 Å². The summed E-state index contributed by atoms with van der Waals surface area (Å²) in [7, 11) is 0. The first-order chi connectivity index (χ1) is 12.4. The van der Waals surface area contributed by atoms with E-state index < -0.39 is 23.6 Å². The molecule has 0 saturated heterocycles. The lowest BCUT2D eigenvalue weighted by Gasteiger charge is -2.13. The zero-order valence-corrected chi connectivity index (χ0v) is 15.0. The van der Waals surface area contributed by atoms with E-state index in [9.17, 15) is 26.3 Å². The van der Waals surface area contributed by atoms with E-state index in [0.29, 0.717) is 10.7 Å². The average Bonchev–Trinajstić information content (AvgIpc) is 2.99. The minimum atomic E-state index is -4.76. The lowest BCUT2D eigenvalue weighted by Crippen LogP contribution is -2.12. The van der Waals surface area contributed by atoms with Gasteiger partial charge in [-0.3, -0.25) is 4.57 Å². The molecular formula is C16H9BrF6N4. The summed E-state index contributed by atoms with van der Waals surface area (Å²) in [5.41, 5.74) is -2.26. The fourth-order valence-electron chi connectivity index (χ4n) is 2.39. The lowest BCUT2D eigenvalue weighted by atomic mass is 10.0. The third-order valence-electron chi connectivity index (χ3n) is 3.61. The first-order valence-electron chi connectivity index (χ1n) is 7.29. The average molecular weight is 451 g/mol. The van der Waals surface area contributed by atoms with Crippen LogP contribution in [0.4, 0.5) is 26.3 Å². The van der Waals surface area contributed by atoms with Gasteiger partial charge >= 0.3 is 12.4 Å². The highest BCUT2D eigenvalue weighted by Gasteiger charge is 2.35. The Morgan fingerprint density at radius 1 is 0.963 bits per heavy atom. The summed E-state index contributed by atoms with van der Waals surface area (Å²) in [5, 5.41) is 0. The maximum atomic E-state index is 13.2. The first-order valence-corrected chi connectivity index (χ1v) is 8.09. The second-order valence-corrected chi connectivity index (χ2v) is 6.38. The van der Waals surface area contributed by atoms with Gasteiger partial charge in [0.15, 0.2) is 5.69 Å². The van der Waals surface area contributed by atoms with Crippen LogP contribution in [0.15, 0.2) is 41.4 Å². The van der Waals surface area contributed by atoms with Gasteiger partial charge in [-0.25, -0.2) is 15.0 Å². The molecule has 0 spiro atoms. The Bertz CT molecular complexity index is 993. The monoisotopic (exact) mass is 450 g/mol. The number of aryl methyl sites for hydroxylation is 1. The van der Waals surface area contributed by atoms with Gasteiger partial charge in [0, 0.05) is 11.8 Å². The molecule has 1 aromatic carbocycles. The number of alkyl halides is 6. The SMILES string of the molecule is Cc1cc(-c2cc(C(F)(F)F)nc(-n3cnc(Br)c3)n2)ccc1C(F)(F)F. The van der Waals surface area contributed by atoms with Crippen molar-refractivity contribution in [3.05, 3.63) is 58.2 Å². The quantitative estimate of drug-likeness (QED) is 0.488. The zero-order chi connectivity index (χ0) is 20.0. The Morgan fingerprint density at radius 2 is 1.67 bits per heavy atom. The van der Waals surface area contributed by atoms with E-state index >= 15 is 0 Å². The van der Waals surface area contributed by atoms with Crippen molar-refractivity contribution in [2.45, 2.75) is 19.3 Å². The Balaban J connectivity index is 2.16. The normalized spacial score (nSPS) is 12.4. The van der Waals surface area contributed by atoms with Crippen molar-refractivity contribution in [1.82, 2.24) is 19.5 Å². The fourth-order valence-corrected chi connectivity index (χ4v) is 2.70. The topological polar surface area (TPSA) is 43.6 Å². The summed E-state index contributed by atoms with van der Waals surface area (Å²) >= 11 is 3.07. The van der Waals surface area contributed by atoms with Gasteiger partial charge in [-0.2, -0.15) is 26.3 Å². The number of hydrogen-bond acceptors (Lipinski definition) is 3. The van der Waals surface area contributed by atoms with Gasteiger partial charge in [0.05, 0.1) is 11.3 Å². The van der Waals surface area contributed by atoms with E-state index in [1.54, 1.807) is 0 Å². The molecule has 0 bridgehead atoms. The number of halogens is 7. The number of rotatable bonds is 2. The van der Waals surface area contributed by atoms with Gasteiger partial charge < -0.3 is 0 Å². The van der Waals surface area contributed by atoms with Crippen LogP contribution in [0.3, 0.4) is 0 Å². The highest BCUT2D eigenvalue weighted by atomic mass is 79.9. The van der Waals surface area contributed by atoms with Crippen molar-refractivity contribution < 1.29 is 26.3 Å². The van der Waals surface area contributed by atoms with Crippen LogP contribution in [0.25, 0.3) is 17.2 Å². The van der Waals surface area contributed by atoms with Gasteiger partial charge in [0.25, 0.3) is 0 Å². The maximum absolute atomic E-state index is 13.2. The summed E-state index contributed by atoms with van der Waals surface area (Å²) in [6, 6.07) is 3.72. The third-order valence-corrected chi connectivity index (χ3v) is 4.02. The molecule has 2 aromatic heterocycles. The third kappa shape index (κ3) is 4.12. The summed E-state index contributed by atoms with van der Waals surface area (Å²) < 4.78 is 79.9. The Labute approximate surface area is 157 Å². The predicted octanol–water partition coefficient (Wildman–Crippen LogP) is 5.44. The zero-order valence-electron chi connectivity index (χ0n) is 13.4. The summed E-state index contributed by atoms with van der Waals surface area (Å²) in [6.45, 7) is 1.23. The second-order valence-electron chi connectivity index (χ2n) is 5.57. The molecule has 0 atom stereocenters. The molecule has 3 rings (SSSR count). The van der Waals surface area contributed by atoms with Gasteiger partial charge in [0.2, 0.25) is 5.95 Å². The van der Waals surface area contributed by atoms with Crippen LogP contribution in [0.1, 0.15) is 16.8 Å². The van der Waals surface area contributed by atoms with Crippen molar-refractivity contribution in [3.63, 3.8) is 0 Å². The van der Waals surface area contributed by atoms with Crippen LogP contribution in [0.2, 0.25) is 0 Å². The smallest absolute Gasteiger partial charge is 0.273 e. The molecule has 4 nitrogen and oxygen atoms in total. The molecule has 2 heterocycles. The number of benzene rings is 1. The van der Waals surface area contributed by atoms with E-state index in [1.165, 1.54) is 24.0 Å². The number of hydrogen-bond donors (Lipinski definition) is 0. The summed E-state index contributed by atoms with van der Waals surface area (Å²) in [5.74, 6) is -0.310. The Hall–Kier alpha value is -2.43. The molecule has 0 saturated carbocycles. The molecule has 0 N–H and O–H groups in total. The first kappa shape index (κ1) is 19.3. The van der Waals surface area contributed by atoms with Crippen LogP contribution >= 0.6 is 15.9 Å². The molecule has 11 heteroatoms. The molecule has 0 radical (unpaired) electrons. The fraction of sp³-hybridized carbons (Fsp3) is 0.188. The molecule has 0 amide bonds. The van der Waals surface area contributed by atoms with Crippen LogP contribution in [-0.4, -0.2) is 19.5 Å². The van der Waals surface area contributed by atoms with Crippen molar-refractivity contribution in [3.8, 4) is 17.2 Å². The predicted molar refractivity (Wildman–Crippen MR) is 87.0 cm³/mol. The summed E-state index contributed by atoms with van der Waals surface area (Å²) in [4.78, 5) is 11.4. The maximum Gasteiger partial charge on any atom is 0.433 e. The number of aromatic nitrogens is 4. The second kappa shape index (κ2) is 6.63.